The Labute approximate surface area is 168 Å². The van der Waals surface area contributed by atoms with Crippen LogP contribution in [-0.2, 0) is 18.0 Å². The summed E-state index contributed by atoms with van der Waals surface area (Å²) in [6.07, 6.45) is -4.46. The van der Waals surface area contributed by atoms with Gasteiger partial charge in [-0.05, 0) is 42.3 Å². The molecule has 0 saturated heterocycles. The van der Waals surface area contributed by atoms with E-state index in [1.54, 1.807) is 6.07 Å². The molecule has 9 heteroatoms. The maximum absolute atomic E-state index is 12.8. The minimum Gasteiger partial charge on any atom is -0.506 e. The van der Waals surface area contributed by atoms with Crippen LogP contribution in [-0.4, -0.2) is 27.9 Å². The van der Waals surface area contributed by atoms with E-state index in [0.717, 1.165) is 12.1 Å². The number of pyridine rings is 1. The molecule has 0 bridgehead atoms. The summed E-state index contributed by atoms with van der Waals surface area (Å²) < 4.78 is 39.5. The lowest BCUT2D eigenvalue weighted by Gasteiger charge is -2.13. The highest BCUT2D eigenvalue weighted by Gasteiger charge is 2.30. The van der Waals surface area contributed by atoms with Crippen molar-refractivity contribution >= 4 is 22.6 Å². The molecule has 1 amide bonds. The Bertz CT molecular complexity index is 1210. The molecule has 6 nitrogen and oxygen atoms in total. The Kier molecular flexibility index (Phi) is 5.39. The van der Waals surface area contributed by atoms with E-state index in [0.29, 0.717) is 16.6 Å². The molecule has 0 aliphatic carbocycles. The highest BCUT2D eigenvalue weighted by atomic mass is 19.4. The number of ketones is 1. The fraction of sp³-hybridized carbons (Fsp3) is 0.190. The molecular formula is C21H17F3N2O4. The number of hydrogen-bond acceptors (Lipinski definition) is 4. The number of amides is 1. The molecule has 2 N–H and O–H groups in total. The summed E-state index contributed by atoms with van der Waals surface area (Å²) in [6, 6.07) is 9.09. The average molecular weight is 418 g/mol. The zero-order chi connectivity index (χ0) is 22.2. The van der Waals surface area contributed by atoms with Gasteiger partial charge in [0.2, 0.25) is 0 Å². The minimum absolute atomic E-state index is 0.169. The van der Waals surface area contributed by atoms with E-state index >= 15 is 0 Å². The molecule has 0 atom stereocenters. The van der Waals surface area contributed by atoms with Gasteiger partial charge in [-0.25, -0.2) is 0 Å². The quantitative estimate of drug-likeness (QED) is 0.681. The summed E-state index contributed by atoms with van der Waals surface area (Å²) in [4.78, 5) is 35.9. The second-order valence-electron chi connectivity index (χ2n) is 6.78. The number of nitrogens with one attached hydrogen (secondary N) is 1. The Morgan fingerprint density at radius 1 is 1.07 bits per heavy atom. The van der Waals surface area contributed by atoms with Gasteiger partial charge in [-0.15, -0.1) is 0 Å². The first kappa shape index (κ1) is 21.1. The average Bonchev–Trinajstić information content (AvgIpc) is 2.70. The number of benzene rings is 2. The number of aromatic nitrogens is 1. The number of aryl methyl sites for hydroxylation is 1. The Morgan fingerprint density at radius 2 is 1.67 bits per heavy atom. The van der Waals surface area contributed by atoms with Crippen LogP contribution in [0.5, 0.6) is 5.75 Å². The van der Waals surface area contributed by atoms with Crippen molar-refractivity contribution in [2.24, 2.45) is 7.05 Å². The van der Waals surface area contributed by atoms with Gasteiger partial charge in [0.05, 0.1) is 17.6 Å². The van der Waals surface area contributed by atoms with Crippen molar-refractivity contribution in [1.82, 2.24) is 9.88 Å². The first-order valence-electron chi connectivity index (χ1n) is 8.81. The van der Waals surface area contributed by atoms with E-state index in [2.05, 4.69) is 5.32 Å². The Morgan fingerprint density at radius 3 is 2.23 bits per heavy atom. The lowest BCUT2D eigenvalue weighted by molar-refractivity contribution is -0.137. The molecule has 3 aromatic rings. The van der Waals surface area contributed by atoms with Crippen molar-refractivity contribution in [3.05, 3.63) is 63.9 Å². The molecule has 0 fully saturated rings. The first-order chi connectivity index (χ1) is 14.0. The van der Waals surface area contributed by atoms with E-state index in [4.69, 9.17) is 0 Å². The Balaban J connectivity index is 2.12. The smallest absolute Gasteiger partial charge is 0.416 e. The van der Waals surface area contributed by atoms with Crippen LogP contribution >= 0.6 is 0 Å². The predicted molar refractivity (Wildman–Crippen MR) is 104 cm³/mol. The van der Waals surface area contributed by atoms with Crippen LogP contribution in [0.25, 0.3) is 22.0 Å². The SMILES string of the molecule is CC(=O)CNC(=O)c1c(O)c2cc(-c3ccc(C(F)(F)F)cc3)ccc2n(C)c1=O. The normalized spacial score (nSPS) is 11.5. The van der Waals surface area contributed by atoms with Crippen molar-refractivity contribution in [1.29, 1.82) is 0 Å². The third kappa shape index (κ3) is 3.91. The maximum atomic E-state index is 12.8. The van der Waals surface area contributed by atoms with Crippen molar-refractivity contribution in [2.45, 2.75) is 13.1 Å². The minimum atomic E-state index is -4.46. The van der Waals surface area contributed by atoms with Gasteiger partial charge < -0.3 is 15.0 Å². The summed E-state index contributed by atoms with van der Waals surface area (Å²) in [6.45, 7) is 0.958. The molecule has 0 aliphatic heterocycles. The van der Waals surface area contributed by atoms with Crippen molar-refractivity contribution in [2.75, 3.05) is 6.54 Å². The lowest BCUT2D eigenvalue weighted by Crippen LogP contribution is -2.34. The van der Waals surface area contributed by atoms with E-state index in [-0.39, 0.29) is 17.7 Å². The third-order valence-corrected chi connectivity index (χ3v) is 4.64. The number of Topliss-reactive ketones (excluding diaryl/α,β-unsaturated/α-hetero) is 1. The maximum Gasteiger partial charge on any atom is 0.416 e. The van der Waals surface area contributed by atoms with Crippen molar-refractivity contribution < 1.29 is 27.9 Å². The van der Waals surface area contributed by atoms with Crippen LogP contribution in [0.2, 0.25) is 0 Å². The van der Waals surface area contributed by atoms with Gasteiger partial charge in [-0.2, -0.15) is 13.2 Å². The van der Waals surface area contributed by atoms with Gasteiger partial charge in [0, 0.05) is 12.4 Å². The predicted octanol–water partition coefficient (Wildman–Crippen LogP) is 3.25. The highest BCUT2D eigenvalue weighted by Crippen LogP contribution is 2.33. The molecule has 156 valence electrons. The zero-order valence-electron chi connectivity index (χ0n) is 16.0. The largest absolute Gasteiger partial charge is 0.506 e. The van der Waals surface area contributed by atoms with E-state index in [1.807, 2.05) is 0 Å². The molecule has 1 heterocycles. The van der Waals surface area contributed by atoms with Gasteiger partial charge >= 0.3 is 6.18 Å². The molecule has 3 rings (SSSR count). The number of fused-ring (bicyclic) bond motifs is 1. The van der Waals surface area contributed by atoms with Crippen LogP contribution in [0.4, 0.5) is 13.2 Å². The highest BCUT2D eigenvalue weighted by molar-refractivity contribution is 6.04. The van der Waals surface area contributed by atoms with Crippen molar-refractivity contribution in [3.8, 4) is 16.9 Å². The summed E-state index contributed by atoms with van der Waals surface area (Å²) in [5.41, 5.74) is -0.779. The summed E-state index contributed by atoms with van der Waals surface area (Å²) in [7, 11) is 1.42. The van der Waals surface area contributed by atoms with E-state index in [9.17, 15) is 32.7 Å². The number of nitrogens with zero attached hydrogens (tertiary/aromatic N) is 1. The number of hydrogen-bond donors (Lipinski definition) is 2. The zero-order valence-corrected chi connectivity index (χ0v) is 16.0. The van der Waals surface area contributed by atoms with Crippen LogP contribution in [0.1, 0.15) is 22.8 Å². The van der Waals surface area contributed by atoms with Gasteiger partial charge in [-0.1, -0.05) is 18.2 Å². The summed E-state index contributed by atoms with van der Waals surface area (Å²) >= 11 is 0. The third-order valence-electron chi connectivity index (χ3n) is 4.64. The lowest BCUT2D eigenvalue weighted by atomic mass is 10.00. The van der Waals surface area contributed by atoms with Gasteiger partial charge in [0.25, 0.3) is 11.5 Å². The monoisotopic (exact) mass is 418 g/mol. The van der Waals surface area contributed by atoms with Gasteiger partial charge in [-0.3, -0.25) is 14.4 Å². The molecule has 0 radical (unpaired) electrons. The Hall–Kier alpha value is -3.62. The molecule has 0 unspecified atom stereocenters. The van der Waals surface area contributed by atoms with Crippen molar-refractivity contribution in [3.63, 3.8) is 0 Å². The molecule has 2 aromatic carbocycles. The fourth-order valence-corrected chi connectivity index (χ4v) is 3.06. The summed E-state index contributed by atoms with van der Waals surface area (Å²) in [5, 5.41) is 13.0. The molecule has 0 spiro atoms. The molecular weight excluding hydrogens is 401 g/mol. The summed E-state index contributed by atoms with van der Waals surface area (Å²) in [5.74, 6) is -1.79. The standard InChI is InChI=1S/C21H17F3N2O4/c1-11(27)10-25-19(29)17-18(28)15-9-13(5-8-16(15)26(2)20(17)30)12-3-6-14(7-4-12)21(22,23)24/h3-9,28H,10H2,1-2H3,(H,25,29). The fourth-order valence-electron chi connectivity index (χ4n) is 3.06. The van der Waals surface area contributed by atoms with Crippen LogP contribution in [0.3, 0.4) is 0 Å². The number of alkyl halides is 3. The van der Waals surface area contributed by atoms with Crippen LogP contribution < -0.4 is 10.9 Å². The van der Waals surface area contributed by atoms with E-state index < -0.39 is 34.5 Å². The second-order valence-corrected chi connectivity index (χ2v) is 6.78. The van der Waals surface area contributed by atoms with Crippen LogP contribution in [0, 0.1) is 0 Å². The number of halogens is 3. The number of aromatic hydroxyl groups is 1. The molecule has 0 aliphatic rings. The van der Waals surface area contributed by atoms with Crippen LogP contribution in [0.15, 0.2) is 47.3 Å². The van der Waals surface area contributed by atoms with Gasteiger partial charge in [0.1, 0.15) is 17.1 Å². The number of carbonyl (C=O) groups excluding carboxylic acids is 2. The molecule has 30 heavy (non-hydrogen) atoms. The topological polar surface area (TPSA) is 88.4 Å². The first-order valence-corrected chi connectivity index (χ1v) is 8.81. The van der Waals surface area contributed by atoms with E-state index in [1.165, 1.54) is 42.8 Å². The molecule has 0 saturated carbocycles. The number of rotatable bonds is 4. The van der Waals surface area contributed by atoms with Gasteiger partial charge in [0.15, 0.2) is 0 Å². The number of carbonyl (C=O) groups is 2. The molecule has 1 aromatic heterocycles. The second kappa shape index (κ2) is 7.66.